The van der Waals surface area contributed by atoms with Crippen molar-refractivity contribution in [3.05, 3.63) is 23.8 Å². The molecule has 0 unspecified atom stereocenters. The Morgan fingerprint density at radius 3 is 1.17 bits per heavy atom. The lowest BCUT2D eigenvalue weighted by Gasteiger charge is -2.03. The maximum atomic E-state index is 12.1. The van der Waals surface area contributed by atoms with Crippen LogP contribution in [0.2, 0.25) is 0 Å². The Labute approximate surface area is 64.2 Å². The first kappa shape index (κ1) is 11.1. The highest BCUT2D eigenvalue weighted by atomic mass is 19.3. The zero-order valence-corrected chi connectivity index (χ0v) is 5.85. The molecule has 0 heterocycles. The molecule has 0 aliphatic rings. The summed E-state index contributed by atoms with van der Waals surface area (Å²) in [7, 11) is 0. The average Bonchev–Trinajstić information content (AvgIpc) is 2.00. The van der Waals surface area contributed by atoms with E-state index in [1.807, 2.05) is 0 Å². The molecule has 0 aromatic heterocycles. The maximum absolute atomic E-state index is 12.1. The molecule has 0 nitrogen and oxygen atoms in total. The van der Waals surface area contributed by atoms with Crippen molar-refractivity contribution in [3.8, 4) is 0 Å². The highest BCUT2D eigenvalue weighted by molar-refractivity contribution is 5.11. The lowest BCUT2D eigenvalue weighted by molar-refractivity contribution is 0.315. The van der Waals surface area contributed by atoms with Crippen molar-refractivity contribution < 1.29 is 26.3 Å². The van der Waals surface area contributed by atoms with Crippen LogP contribution in [0, 0.1) is 5.92 Å². The third-order valence-corrected chi connectivity index (χ3v) is 1.12. The number of hydrogen-bond acceptors (Lipinski definition) is 0. The molecule has 0 atom stereocenters. The lowest BCUT2D eigenvalue weighted by atomic mass is 10.1. The van der Waals surface area contributed by atoms with Crippen LogP contribution in [0.4, 0.5) is 26.3 Å². The van der Waals surface area contributed by atoms with Gasteiger partial charge in [-0.05, 0) is 6.92 Å². The van der Waals surface area contributed by atoms with Gasteiger partial charge in [0.2, 0.25) is 0 Å². The second kappa shape index (κ2) is 4.18. The molecule has 70 valence electrons. The van der Waals surface area contributed by atoms with Crippen molar-refractivity contribution in [3.63, 3.8) is 0 Å². The normalized spacial score (nSPS) is 10.0. The van der Waals surface area contributed by atoms with Gasteiger partial charge in [-0.3, -0.25) is 0 Å². The van der Waals surface area contributed by atoms with E-state index in [2.05, 4.69) is 0 Å². The Hall–Kier alpha value is -0.940. The molecule has 0 fully saturated rings. The molecule has 0 bridgehead atoms. The molecule has 0 aromatic carbocycles. The van der Waals surface area contributed by atoms with Gasteiger partial charge in [-0.1, -0.05) is 0 Å². The van der Waals surface area contributed by atoms with Crippen molar-refractivity contribution in [2.75, 3.05) is 0 Å². The summed E-state index contributed by atoms with van der Waals surface area (Å²) in [6, 6.07) is 0. The smallest absolute Gasteiger partial charge is 0.205 e. The molecule has 0 amide bonds. The Balaban J connectivity index is 4.75. The predicted molar refractivity (Wildman–Crippen MR) is 29.9 cm³/mol. The lowest BCUT2D eigenvalue weighted by Crippen LogP contribution is -1.98. The molecule has 12 heavy (non-hydrogen) atoms. The average molecular weight is 190 g/mol. The van der Waals surface area contributed by atoms with Crippen LogP contribution < -0.4 is 0 Å². The van der Waals surface area contributed by atoms with E-state index in [-0.39, 0.29) is 0 Å². The zero-order chi connectivity index (χ0) is 9.89. The Morgan fingerprint density at radius 2 is 1.00 bits per heavy atom. The van der Waals surface area contributed by atoms with Crippen LogP contribution in [0.25, 0.3) is 0 Å². The summed E-state index contributed by atoms with van der Waals surface area (Å²) in [5.74, 6) is -6.58. The van der Waals surface area contributed by atoms with Crippen LogP contribution in [0.5, 0.6) is 0 Å². The van der Waals surface area contributed by atoms with Crippen LogP contribution in [-0.4, -0.2) is 0 Å². The van der Waals surface area contributed by atoms with Gasteiger partial charge in [0, 0.05) is 0 Å². The molecule has 0 aliphatic carbocycles. The molecule has 0 aliphatic heterocycles. The largest absolute Gasteiger partial charge is 0.302 e. The standard InChI is InChI=1S/C6H4F6/c1-2(3(7)5(9)10)4(8)6(11)12/h2H,1H3. The molecule has 0 rings (SSSR count). The van der Waals surface area contributed by atoms with Crippen LogP contribution in [0.15, 0.2) is 23.8 Å². The van der Waals surface area contributed by atoms with Crippen molar-refractivity contribution >= 4 is 0 Å². The van der Waals surface area contributed by atoms with Gasteiger partial charge in [0.05, 0.1) is 5.92 Å². The number of hydrogen-bond donors (Lipinski definition) is 0. The molecule has 0 aromatic rings. The van der Waals surface area contributed by atoms with Gasteiger partial charge in [-0.15, -0.1) is 0 Å². The van der Waals surface area contributed by atoms with Gasteiger partial charge in [-0.25, -0.2) is 8.78 Å². The first-order chi connectivity index (χ1) is 5.37. The monoisotopic (exact) mass is 190 g/mol. The summed E-state index contributed by atoms with van der Waals surface area (Å²) < 4.78 is 69.6. The van der Waals surface area contributed by atoms with Gasteiger partial charge in [0.1, 0.15) is 0 Å². The topological polar surface area (TPSA) is 0 Å². The minimum atomic E-state index is -2.79. The van der Waals surface area contributed by atoms with E-state index in [9.17, 15) is 26.3 Å². The van der Waals surface area contributed by atoms with E-state index in [4.69, 9.17) is 0 Å². The van der Waals surface area contributed by atoms with Crippen LogP contribution >= 0.6 is 0 Å². The van der Waals surface area contributed by atoms with Gasteiger partial charge < -0.3 is 0 Å². The minimum Gasteiger partial charge on any atom is -0.205 e. The molecule has 0 N–H and O–H groups in total. The number of rotatable bonds is 2. The summed E-state index contributed by atoms with van der Waals surface area (Å²) >= 11 is 0. The predicted octanol–water partition coefficient (Wildman–Crippen LogP) is 3.78. The Morgan fingerprint density at radius 1 is 0.750 bits per heavy atom. The summed E-state index contributed by atoms with van der Waals surface area (Å²) in [4.78, 5) is 0. The van der Waals surface area contributed by atoms with Gasteiger partial charge in [0.15, 0.2) is 11.7 Å². The molecular formula is C6H4F6. The third kappa shape index (κ3) is 2.60. The van der Waals surface area contributed by atoms with Crippen LogP contribution in [0.3, 0.4) is 0 Å². The molecule has 0 saturated carbocycles. The maximum Gasteiger partial charge on any atom is 0.302 e. The summed E-state index contributed by atoms with van der Waals surface area (Å²) in [6.45, 7) is 0.572. The summed E-state index contributed by atoms with van der Waals surface area (Å²) in [6.07, 6.45) is -5.59. The fourth-order valence-corrected chi connectivity index (χ4v) is 0.439. The highest BCUT2D eigenvalue weighted by Crippen LogP contribution is 2.28. The molecule has 0 saturated heterocycles. The Kier molecular flexibility index (Phi) is 3.85. The van der Waals surface area contributed by atoms with E-state index in [0.29, 0.717) is 6.92 Å². The van der Waals surface area contributed by atoms with E-state index in [1.165, 1.54) is 0 Å². The van der Waals surface area contributed by atoms with Gasteiger partial charge >= 0.3 is 12.2 Å². The van der Waals surface area contributed by atoms with Gasteiger partial charge in [-0.2, -0.15) is 17.6 Å². The van der Waals surface area contributed by atoms with Crippen molar-refractivity contribution in [2.24, 2.45) is 5.92 Å². The number of allylic oxidation sites excluding steroid dienone is 2. The third-order valence-electron chi connectivity index (χ3n) is 1.12. The fourth-order valence-electron chi connectivity index (χ4n) is 0.439. The first-order valence-electron chi connectivity index (χ1n) is 2.79. The minimum absolute atomic E-state index is 0.572. The molecular weight excluding hydrogens is 186 g/mol. The van der Waals surface area contributed by atoms with Crippen molar-refractivity contribution in [2.45, 2.75) is 6.92 Å². The van der Waals surface area contributed by atoms with Crippen LogP contribution in [0.1, 0.15) is 6.92 Å². The fraction of sp³-hybridized carbons (Fsp3) is 0.333. The second-order valence-corrected chi connectivity index (χ2v) is 1.94. The van der Waals surface area contributed by atoms with E-state index >= 15 is 0 Å². The van der Waals surface area contributed by atoms with Gasteiger partial charge in [0.25, 0.3) is 0 Å². The number of halogens is 6. The summed E-state index contributed by atoms with van der Waals surface area (Å²) in [5, 5.41) is 0. The molecule has 0 radical (unpaired) electrons. The first-order valence-corrected chi connectivity index (χ1v) is 2.79. The Bertz CT molecular complexity index is 196. The molecule has 0 spiro atoms. The van der Waals surface area contributed by atoms with Crippen molar-refractivity contribution in [1.82, 2.24) is 0 Å². The van der Waals surface area contributed by atoms with Crippen molar-refractivity contribution in [1.29, 1.82) is 0 Å². The molecule has 6 heteroatoms. The second-order valence-electron chi connectivity index (χ2n) is 1.94. The van der Waals surface area contributed by atoms with Crippen LogP contribution in [-0.2, 0) is 0 Å². The van der Waals surface area contributed by atoms with E-state index in [1.54, 1.807) is 0 Å². The highest BCUT2D eigenvalue weighted by Gasteiger charge is 2.23. The summed E-state index contributed by atoms with van der Waals surface area (Å²) in [5.41, 5.74) is 0. The SMILES string of the molecule is CC(C(F)=C(F)F)C(F)=C(F)F. The zero-order valence-electron chi connectivity index (χ0n) is 5.85. The van der Waals surface area contributed by atoms with E-state index in [0.717, 1.165) is 0 Å². The quantitative estimate of drug-likeness (QED) is 0.581. The van der Waals surface area contributed by atoms with E-state index < -0.39 is 29.7 Å².